The van der Waals surface area contributed by atoms with E-state index in [2.05, 4.69) is 18.8 Å². The van der Waals surface area contributed by atoms with Crippen molar-refractivity contribution in [3.63, 3.8) is 0 Å². The predicted molar refractivity (Wildman–Crippen MR) is 122 cm³/mol. The lowest BCUT2D eigenvalue weighted by Crippen LogP contribution is -2.47. The number of nitrogens with zero attached hydrogens (tertiary/aromatic N) is 1. The Morgan fingerprint density at radius 2 is 1.69 bits per heavy atom. The number of aryl methyl sites for hydroxylation is 2. The van der Waals surface area contributed by atoms with Crippen LogP contribution in [0, 0.1) is 11.8 Å². The SMILES string of the molecule is CCCc1ccc(CC/C=C/C2=CC=C(C3CCC(CCC)CC3)C(F)(F)C2(F)F)cn1. The molecule has 32 heavy (non-hydrogen) atoms. The van der Waals surface area contributed by atoms with Crippen LogP contribution < -0.4 is 0 Å². The number of allylic oxidation sites excluding steroid dienone is 6. The number of pyridine rings is 1. The van der Waals surface area contributed by atoms with E-state index in [1.165, 1.54) is 12.2 Å². The maximum absolute atomic E-state index is 14.9. The maximum Gasteiger partial charge on any atom is 0.339 e. The summed E-state index contributed by atoms with van der Waals surface area (Å²) in [6.07, 6.45) is 15.1. The first kappa shape index (κ1) is 24.7. The molecule has 0 N–H and O–H groups in total. The first-order valence-corrected chi connectivity index (χ1v) is 12.1. The van der Waals surface area contributed by atoms with Crippen molar-refractivity contribution in [3.05, 3.63) is 65.0 Å². The summed E-state index contributed by atoms with van der Waals surface area (Å²) in [5, 5.41) is 0. The fourth-order valence-electron chi connectivity index (χ4n) is 4.94. The highest BCUT2D eigenvalue weighted by Crippen LogP contribution is 2.52. The van der Waals surface area contributed by atoms with E-state index in [1.54, 1.807) is 12.3 Å². The second kappa shape index (κ2) is 10.8. The molecule has 2 aliphatic rings. The molecule has 1 nitrogen and oxygen atoms in total. The molecule has 1 aromatic heterocycles. The monoisotopic (exact) mass is 449 g/mol. The van der Waals surface area contributed by atoms with E-state index in [0.29, 0.717) is 31.6 Å². The third-order valence-electron chi connectivity index (χ3n) is 6.83. The fraction of sp³-hybridized carbons (Fsp3) is 0.593. The summed E-state index contributed by atoms with van der Waals surface area (Å²) in [5.41, 5.74) is 1.04. The Morgan fingerprint density at radius 3 is 2.31 bits per heavy atom. The van der Waals surface area contributed by atoms with Gasteiger partial charge in [0.05, 0.1) is 0 Å². The van der Waals surface area contributed by atoms with Gasteiger partial charge in [0.25, 0.3) is 0 Å². The van der Waals surface area contributed by atoms with Crippen molar-refractivity contribution in [3.8, 4) is 0 Å². The molecule has 2 aliphatic carbocycles. The van der Waals surface area contributed by atoms with Crippen molar-refractivity contribution in [1.29, 1.82) is 0 Å². The lowest BCUT2D eigenvalue weighted by atomic mass is 9.73. The van der Waals surface area contributed by atoms with Crippen LogP contribution >= 0.6 is 0 Å². The minimum Gasteiger partial charge on any atom is -0.261 e. The number of halogens is 4. The van der Waals surface area contributed by atoms with Crippen LogP contribution in [0.15, 0.2) is 53.8 Å². The number of hydrogen-bond donors (Lipinski definition) is 0. The fourth-order valence-corrected chi connectivity index (χ4v) is 4.94. The van der Waals surface area contributed by atoms with Gasteiger partial charge in [-0.25, -0.2) is 0 Å². The van der Waals surface area contributed by atoms with Crippen molar-refractivity contribution < 1.29 is 17.6 Å². The molecular formula is C27H35F4N. The summed E-state index contributed by atoms with van der Waals surface area (Å²) in [7, 11) is 0. The van der Waals surface area contributed by atoms with Gasteiger partial charge in [0.1, 0.15) is 0 Å². The van der Waals surface area contributed by atoms with Crippen molar-refractivity contribution in [2.24, 2.45) is 11.8 Å². The molecule has 0 aromatic carbocycles. The van der Waals surface area contributed by atoms with E-state index in [-0.39, 0.29) is 5.57 Å². The van der Waals surface area contributed by atoms with Crippen LogP contribution in [-0.4, -0.2) is 16.8 Å². The van der Waals surface area contributed by atoms with Gasteiger partial charge in [0.15, 0.2) is 0 Å². The van der Waals surface area contributed by atoms with Gasteiger partial charge in [-0.05, 0) is 68.4 Å². The summed E-state index contributed by atoms with van der Waals surface area (Å²) in [5.74, 6) is -8.23. The smallest absolute Gasteiger partial charge is 0.261 e. The third-order valence-corrected chi connectivity index (χ3v) is 6.83. The zero-order valence-corrected chi connectivity index (χ0v) is 19.2. The first-order chi connectivity index (χ1) is 15.3. The topological polar surface area (TPSA) is 12.9 Å². The molecule has 5 heteroatoms. The largest absolute Gasteiger partial charge is 0.339 e. The van der Waals surface area contributed by atoms with E-state index in [4.69, 9.17) is 0 Å². The summed E-state index contributed by atoms with van der Waals surface area (Å²) < 4.78 is 59.4. The molecule has 0 unspecified atom stereocenters. The molecule has 0 aliphatic heterocycles. The molecule has 1 saturated carbocycles. The number of hydrogen-bond acceptors (Lipinski definition) is 1. The summed E-state index contributed by atoms with van der Waals surface area (Å²) >= 11 is 0. The van der Waals surface area contributed by atoms with Gasteiger partial charge in [-0.3, -0.25) is 4.98 Å². The Balaban J connectivity index is 1.63. The zero-order valence-electron chi connectivity index (χ0n) is 19.2. The highest BCUT2D eigenvalue weighted by molar-refractivity contribution is 5.44. The van der Waals surface area contributed by atoms with Gasteiger partial charge < -0.3 is 0 Å². The van der Waals surface area contributed by atoms with Gasteiger partial charge in [0.2, 0.25) is 0 Å². The second-order valence-corrected chi connectivity index (χ2v) is 9.25. The van der Waals surface area contributed by atoms with Gasteiger partial charge in [-0.15, -0.1) is 0 Å². The van der Waals surface area contributed by atoms with Gasteiger partial charge in [-0.1, -0.05) is 63.5 Å². The molecule has 0 spiro atoms. The van der Waals surface area contributed by atoms with Crippen LogP contribution in [0.1, 0.15) is 76.5 Å². The van der Waals surface area contributed by atoms with Gasteiger partial charge in [-0.2, -0.15) is 17.6 Å². The lowest BCUT2D eigenvalue weighted by molar-refractivity contribution is -0.166. The molecule has 0 saturated heterocycles. The standard InChI is InChI=1S/C27H35F4N/c1-3-7-20-11-14-22(15-12-20)25-18-16-23(26(28,29)27(25,30)31)10-6-5-9-21-13-17-24(8-4-2)32-19-21/h6,10,13,16-20,22H,3-5,7-9,11-12,14-15H2,1-2H3/b10-6+. The van der Waals surface area contributed by atoms with Crippen LogP contribution in [0.5, 0.6) is 0 Å². The average molecular weight is 450 g/mol. The summed E-state index contributed by atoms with van der Waals surface area (Å²) in [4.78, 5) is 4.38. The minimum absolute atomic E-state index is 0.382. The van der Waals surface area contributed by atoms with Crippen molar-refractivity contribution >= 4 is 0 Å². The van der Waals surface area contributed by atoms with Crippen molar-refractivity contribution in [2.75, 3.05) is 0 Å². The van der Waals surface area contributed by atoms with Crippen LogP contribution in [-0.2, 0) is 12.8 Å². The number of rotatable bonds is 9. The minimum atomic E-state index is -4.18. The Labute approximate surface area is 189 Å². The lowest BCUT2D eigenvalue weighted by Gasteiger charge is -2.38. The zero-order chi connectivity index (χ0) is 23.2. The molecule has 1 fully saturated rings. The van der Waals surface area contributed by atoms with Crippen LogP contribution in [0.25, 0.3) is 0 Å². The van der Waals surface area contributed by atoms with Gasteiger partial charge >= 0.3 is 11.8 Å². The highest BCUT2D eigenvalue weighted by atomic mass is 19.3. The molecule has 0 radical (unpaired) electrons. The Morgan fingerprint density at radius 1 is 0.938 bits per heavy atom. The van der Waals surface area contributed by atoms with E-state index < -0.39 is 23.3 Å². The number of alkyl halides is 4. The second-order valence-electron chi connectivity index (χ2n) is 9.25. The van der Waals surface area contributed by atoms with Crippen molar-refractivity contribution in [1.82, 2.24) is 4.98 Å². The van der Waals surface area contributed by atoms with E-state index >= 15 is 0 Å². The quantitative estimate of drug-likeness (QED) is 0.346. The molecule has 0 amide bonds. The molecule has 0 bridgehead atoms. The highest BCUT2D eigenvalue weighted by Gasteiger charge is 2.62. The molecule has 3 rings (SSSR count). The van der Waals surface area contributed by atoms with E-state index in [1.807, 2.05) is 12.1 Å². The molecule has 176 valence electrons. The van der Waals surface area contributed by atoms with Crippen molar-refractivity contribution in [2.45, 2.75) is 89.9 Å². The average Bonchev–Trinajstić information content (AvgIpc) is 2.76. The Hall–Kier alpha value is -1.91. The molecular weight excluding hydrogens is 414 g/mol. The summed E-state index contributed by atoms with van der Waals surface area (Å²) in [6.45, 7) is 4.21. The van der Waals surface area contributed by atoms with Crippen LogP contribution in [0.3, 0.4) is 0 Å². The molecule has 0 atom stereocenters. The van der Waals surface area contributed by atoms with Gasteiger partial charge in [0, 0.05) is 23.0 Å². The Kier molecular flexibility index (Phi) is 8.35. The summed E-state index contributed by atoms with van der Waals surface area (Å²) in [6, 6.07) is 3.96. The Bertz CT molecular complexity index is 828. The predicted octanol–water partition coefficient (Wildman–Crippen LogP) is 8.27. The van der Waals surface area contributed by atoms with Crippen LogP contribution in [0.4, 0.5) is 17.6 Å². The maximum atomic E-state index is 14.9. The number of aromatic nitrogens is 1. The first-order valence-electron chi connectivity index (χ1n) is 12.1. The third kappa shape index (κ3) is 5.52. The van der Waals surface area contributed by atoms with E-state index in [0.717, 1.165) is 55.9 Å². The van der Waals surface area contributed by atoms with Crippen LogP contribution in [0.2, 0.25) is 0 Å². The molecule has 1 aromatic rings. The van der Waals surface area contributed by atoms with E-state index in [9.17, 15) is 17.6 Å². The molecule has 1 heterocycles. The normalized spacial score (nSPS) is 24.9.